The van der Waals surface area contributed by atoms with E-state index in [4.69, 9.17) is 0 Å². The zero-order chi connectivity index (χ0) is 15.5. The molecule has 1 N–H and O–H groups in total. The Balaban J connectivity index is 2.01. The molecule has 0 unspecified atom stereocenters. The zero-order valence-electron chi connectivity index (χ0n) is 13.2. The quantitative estimate of drug-likeness (QED) is 0.842. The second-order valence-electron chi connectivity index (χ2n) is 6.46. The van der Waals surface area contributed by atoms with Gasteiger partial charge in [0, 0.05) is 17.6 Å². The van der Waals surface area contributed by atoms with Crippen molar-refractivity contribution in [3.8, 4) is 0 Å². The maximum absolute atomic E-state index is 12.5. The van der Waals surface area contributed by atoms with Gasteiger partial charge in [-0.1, -0.05) is 47.3 Å². The molecule has 1 saturated carbocycles. The van der Waals surface area contributed by atoms with Gasteiger partial charge in [0.15, 0.2) is 0 Å². The van der Waals surface area contributed by atoms with Crippen molar-refractivity contribution in [2.24, 2.45) is 0 Å². The van der Waals surface area contributed by atoms with E-state index in [0.29, 0.717) is 6.04 Å². The van der Waals surface area contributed by atoms with Crippen LogP contribution in [0.4, 0.5) is 4.79 Å². The summed E-state index contributed by atoms with van der Waals surface area (Å²) in [5.74, 6) is 0. The first kappa shape index (κ1) is 16.3. The Bertz CT molecular complexity index is 478. The number of carbonyl (C=O) groups is 1. The van der Waals surface area contributed by atoms with E-state index in [2.05, 4.69) is 21.2 Å². The smallest absolute Gasteiger partial charge is 0.318 e. The molecule has 0 atom stereocenters. The molecule has 116 valence electrons. The van der Waals surface area contributed by atoms with Crippen molar-refractivity contribution in [2.45, 2.75) is 57.5 Å². The largest absolute Gasteiger partial charge is 0.329 e. The molecule has 0 saturated heterocycles. The van der Waals surface area contributed by atoms with E-state index in [-0.39, 0.29) is 11.6 Å². The van der Waals surface area contributed by atoms with E-state index >= 15 is 0 Å². The molecule has 0 aliphatic heterocycles. The van der Waals surface area contributed by atoms with Crippen molar-refractivity contribution < 1.29 is 4.79 Å². The average molecular weight is 353 g/mol. The fraction of sp³-hybridized carbons (Fsp3) is 0.588. The highest BCUT2D eigenvalue weighted by atomic mass is 79.9. The van der Waals surface area contributed by atoms with Crippen molar-refractivity contribution in [3.05, 3.63) is 34.3 Å². The average Bonchev–Trinajstić information content (AvgIpc) is 2.47. The Labute approximate surface area is 136 Å². The molecule has 2 rings (SSSR count). The Morgan fingerprint density at radius 3 is 2.33 bits per heavy atom. The van der Waals surface area contributed by atoms with Crippen LogP contribution in [0.3, 0.4) is 0 Å². The fourth-order valence-electron chi connectivity index (χ4n) is 2.93. The number of hydrogen-bond donors (Lipinski definition) is 1. The minimum absolute atomic E-state index is 0.0230. The van der Waals surface area contributed by atoms with Crippen molar-refractivity contribution >= 4 is 22.0 Å². The van der Waals surface area contributed by atoms with E-state index in [1.165, 1.54) is 19.3 Å². The van der Waals surface area contributed by atoms with Crippen LogP contribution < -0.4 is 5.32 Å². The molecule has 1 aliphatic rings. The molecule has 1 aromatic carbocycles. The normalized spacial score (nSPS) is 16.6. The van der Waals surface area contributed by atoms with Gasteiger partial charge in [-0.2, -0.15) is 0 Å². The van der Waals surface area contributed by atoms with Crippen LogP contribution in [-0.2, 0) is 5.54 Å². The number of urea groups is 1. The van der Waals surface area contributed by atoms with Crippen LogP contribution in [0.25, 0.3) is 0 Å². The van der Waals surface area contributed by atoms with Crippen LogP contribution in [0.5, 0.6) is 0 Å². The zero-order valence-corrected chi connectivity index (χ0v) is 14.7. The van der Waals surface area contributed by atoms with Gasteiger partial charge in [-0.05, 0) is 44.4 Å². The van der Waals surface area contributed by atoms with Crippen LogP contribution >= 0.6 is 15.9 Å². The molecular formula is C17H25BrN2O. The summed E-state index contributed by atoms with van der Waals surface area (Å²) in [6, 6.07) is 8.52. The topological polar surface area (TPSA) is 32.3 Å². The van der Waals surface area contributed by atoms with Crippen molar-refractivity contribution in [3.63, 3.8) is 0 Å². The SMILES string of the molecule is CN(C(=O)NC(C)(C)c1ccc(Br)cc1)C1CCCCC1. The highest BCUT2D eigenvalue weighted by molar-refractivity contribution is 9.10. The predicted molar refractivity (Wildman–Crippen MR) is 90.3 cm³/mol. The second-order valence-corrected chi connectivity index (χ2v) is 7.38. The fourth-order valence-corrected chi connectivity index (χ4v) is 3.19. The number of hydrogen-bond acceptors (Lipinski definition) is 1. The third-order valence-corrected chi connectivity index (χ3v) is 4.96. The minimum atomic E-state index is -0.374. The highest BCUT2D eigenvalue weighted by Gasteiger charge is 2.28. The van der Waals surface area contributed by atoms with Gasteiger partial charge < -0.3 is 10.2 Å². The summed E-state index contributed by atoms with van der Waals surface area (Å²) in [6.45, 7) is 4.09. The Morgan fingerprint density at radius 2 is 1.76 bits per heavy atom. The van der Waals surface area contributed by atoms with Gasteiger partial charge in [-0.15, -0.1) is 0 Å². The van der Waals surface area contributed by atoms with Gasteiger partial charge in [-0.25, -0.2) is 4.79 Å². The van der Waals surface area contributed by atoms with Gasteiger partial charge in [0.25, 0.3) is 0 Å². The van der Waals surface area contributed by atoms with E-state index in [1.54, 1.807) is 0 Å². The van der Waals surface area contributed by atoms with Crippen LogP contribution in [0.2, 0.25) is 0 Å². The van der Waals surface area contributed by atoms with Crippen LogP contribution in [-0.4, -0.2) is 24.0 Å². The summed E-state index contributed by atoms with van der Waals surface area (Å²) in [5.41, 5.74) is 0.733. The summed E-state index contributed by atoms with van der Waals surface area (Å²) in [6.07, 6.45) is 6.03. The molecule has 3 nitrogen and oxygen atoms in total. The van der Waals surface area contributed by atoms with Crippen LogP contribution in [0.1, 0.15) is 51.5 Å². The third-order valence-electron chi connectivity index (χ3n) is 4.43. The van der Waals surface area contributed by atoms with E-state index in [9.17, 15) is 4.79 Å². The molecule has 0 aromatic heterocycles. The molecule has 1 fully saturated rings. The lowest BCUT2D eigenvalue weighted by atomic mass is 9.93. The number of nitrogens with one attached hydrogen (secondary N) is 1. The molecule has 21 heavy (non-hydrogen) atoms. The van der Waals surface area contributed by atoms with Gasteiger partial charge in [0.2, 0.25) is 0 Å². The summed E-state index contributed by atoms with van der Waals surface area (Å²) in [4.78, 5) is 14.4. The lowest BCUT2D eigenvalue weighted by Gasteiger charge is -2.35. The summed E-state index contributed by atoms with van der Waals surface area (Å²) in [5, 5.41) is 3.16. The van der Waals surface area contributed by atoms with Crippen LogP contribution in [0, 0.1) is 0 Å². The van der Waals surface area contributed by atoms with Crippen LogP contribution in [0.15, 0.2) is 28.7 Å². The second kappa shape index (κ2) is 6.82. The predicted octanol–water partition coefficient (Wildman–Crippen LogP) is 4.66. The monoisotopic (exact) mass is 352 g/mol. The molecule has 1 aromatic rings. The Hall–Kier alpha value is -1.03. The molecule has 0 heterocycles. The maximum Gasteiger partial charge on any atom is 0.318 e. The number of benzene rings is 1. The number of carbonyl (C=O) groups excluding carboxylic acids is 1. The number of halogens is 1. The lowest BCUT2D eigenvalue weighted by Crippen LogP contribution is -2.50. The molecule has 4 heteroatoms. The third kappa shape index (κ3) is 4.22. The molecule has 0 bridgehead atoms. The highest BCUT2D eigenvalue weighted by Crippen LogP contribution is 2.25. The minimum Gasteiger partial charge on any atom is -0.329 e. The number of amides is 2. The summed E-state index contributed by atoms with van der Waals surface area (Å²) in [7, 11) is 1.92. The van der Waals surface area contributed by atoms with E-state index in [0.717, 1.165) is 22.9 Å². The first-order valence-electron chi connectivity index (χ1n) is 7.71. The maximum atomic E-state index is 12.5. The lowest BCUT2D eigenvalue weighted by molar-refractivity contribution is 0.164. The van der Waals surface area contributed by atoms with Gasteiger partial charge in [0.05, 0.1) is 5.54 Å². The molecule has 0 radical (unpaired) electrons. The standard InChI is InChI=1S/C17H25BrN2O/c1-17(2,13-9-11-14(18)12-10-13)19-16(21)20(3)15-7-5-4-6-8-15/h9-12,15H,4-8H2,1-3H3,(H,19,21). The van der Waals surface area contributed by atoms with Crippen molar-refractivity contribution in [2.75, 3.05) is 7.05 Å². The first-order chi connectivity index (χ1) is 9.90. The molecular weight excluding hydrogens is 328 g/mol. The van der Waals surface area contributed by atoms with Crippen molar-refractivity contribution in [1.82, 2.24) is 10.2 Å². The Morgan fingerprint density at radius 1 is 1.19 bits per heavy atom. The molecule has 0 spiro atoms. The van der Waals surface area contributed by atoms with Gasteiger partial charge in [0.1, 0.15) is 0 Å². The number of rotatable bonds is 3. The van der Waals surface area contributed by atoms with E-state index < -0.39 is 0 Å². The van der Waals surface area contributed by atoms with Crippen molar-refractivity contribution in [1.29, 1.82) is 0 Å². The van der Waals surface area contributed by atoms with Gasteiger partial charge >= 0.3 is 6.03 Å². The number of nitrogens with zero attached hydrogens (tertiary/aromatic N) is 1. The summed E-state index contributed by atoms with van der Waals surface area (Å²) >= 11 is 3.44. The summed E-state index contributed by atoms with van der Waals surface area (Å²) < 4.78 is 1.05. The van der Waals surface area contributed by atoms with E-state index in [1.807, 2.05) is 50.1 Å². The molecule has 2 amide bonds. The van der Waals surface area contributed by atoms with Gasteiger partial charge in [-0.3, -0.25) is 0 Å². The first-order valence-corrected chi connectivity index (χ1v) is 8.50. The molecule has 1 aliphatic carbocycles. The Kier molecular flexibility index (Phi) is 5.31.